The van der Waals surface area contributed by atoms with Crippen LogP contribution in [0.4, 0.5) is 4.39 Å². The molecule has 29 heavy (non-hydrogen) atoms. The number of benzene rings is 3. The highest BCUT2D eigenvalue weighted by atomic mass is 19.1. The van der Waals surface area contributed by atoms with E-state index in [9.17, 15) is 14.0 Å². The first-order valence-electron chi connectivity index (χ1n) is 9.52. The van der Waals surface area contributed by atoms with Crippen molar-refractivity contribution in [2.24, 2.45) is 0 Å². The normalized spacial score (nSPS) is 11.5. The van der Waals surface area contributed by atoms with E-state index >= 15 is 0 Å². The Morgan fingerprint density at radius 2 is 1.59 bits per heavy atom. The summed E-state index contributed by atoms with van der Waals surface area (Å²) in [5.74, 6) is -0.912. The van der Waals surface area contributed by atoms with Crippen LogP contribution >= 0.6 is 0 Å². The predicted molar refractivity (Wildman–Crippen MR) is 111 cm³/mol. The fraction of sp³-hybridized carbons (Fsp3) is 0.167. The van der Waals surface area contributed by atoms with Crippen molar-refractivity contribution in [1.29, 1.82) is 0 Å². The molecule has 3 rings (SSSR count). The van der Waals surface area contributed by atoms with Gasteiger partial charge in [-0.05, 0) is 42.3 Å². The van der Waals surface area contributed by atoms with Crippen LogP contribution in [-0.2, 0) is 11.3 Å². The summed E-state index contributed by atoms with van der Waals surface area (Å²) in [5, 5.41) is 2.86. The number of hydrogen-bond acceptors (Lipinski definition) is 2. The molecule has 0 aromatic heterocycles. The van der Waals surface area contributed by atoms with Gasteiger partial charge in [0.25, 0.3) is 5.91 Å². The molecule has 0 heterocycles. The molecule has 0 bridgehead atoms. The lowest BCUT2D eigenvalue weighted by Crippen LogP contribution is -2.42. The Morgan fingerprint density at radius 3 is 2.21 bits per heavy atom. The van der Waals surface area contributed by atoms with Crippen molar-refractivity contribution in [2.45, 2.75) is 19.5 Å². The first-order chi connectivity index (χ1) is 14.1. The largest absolute Gasteiger partial charge is 0.337 e. The summed E-state index contributed by atoms with van der Waals surface area (Å²) in [4.78, 5) is 27.7. The van der Waals surface area contributed by atoms with Crippen molar-refractivity contribution in [2.75, 3.05) is 6.54 Å². The molecule has 0 spiro atoms. The summed E-state index contributed by atoms with van der Waals surface area (Å²) >= 11 is 0. The Balaban J connectivity index is 1.86. The van der Waals surface area contributed by atoms with Gasteiger partial charge in [-0.25, -0.2) is 4.39 Å². The van der Waals surface area contributed by atoms with Crippen LogP contribution in [0.2, 0.25) is 0 Å². The Kier molecular flexibility index (Phi) is 6.74. The van der Waals surface area contributed by atoms with Crippen molar-refractivity contribution >= 4 is 11.8 Å². The molecule has 0 saturated heterocycles. The van der Waals surface area contributed by atoms with Crippen LogP contribution in [0.25, 0.3) is 0 Å². The second-order valence-electron chi connectivity index (χ2n) is 6.67. The molecule has 0 radical (unpaired) electrons. The van der Waals surface area contributed by atoms with Crippen molar-refractivity contribution in [3.8, 4) is 0 Å². The van der Waals surface area contributed by atoms with Gasteiger partial charge in [-0.15, -0.1) is 0 Å². The van der Waals surface area contributed by atoms with Crippen LogP contribution in [0, 0.1) is 5.82 Å². The number of halogens is 1. The van der Waals surface area contributed by atoms with Gasteiger partial charge in [-0.3, -0.25) is 9.59 Å². The molecule has 0 saturated carbocycles. The lowest BCUT2D eigenvalue weighted by molar-refractivity contribution is -0.133. The second kappa shape index (κ2) is 9.64. The van der Waals surface area contributed by atoms with E-state index in [0.29, 0.717) is 23.2 Å². The third-order valence-electron chi connectivity index (χ3n) is 4.65. The Morgan fingerprint density at radius 1 is 0.931 bits per heavy atom. The Hall–Kier alpha value is -3.47. The molecule has 0 aliphatic carbocycles. The third-order valence-corrected chi connectivity index (χ3v) is 4.65. The fourth-order valence-electron chi connectivity index (χ4n) is 3.12. The van der Waals surface area contributed by atoms with E-state index in [4.69, 9.17) is 0 Å². The van der Waals surface area contributed by atoms with E-state index in [2.05, 4.69) is 5.32 Å². The molecule has 2 amide bonds. The molecular weight excluding hydrogens is 367 g/mol. The molecule has 5 heteroatoms. The topological polar surface area (TPSA) is 49.4 Å². The molecule has 0 fully saturated rings. The summed E-state index contributed by atoms with van der Waals surface area (Å²) in [6, 6.07) is 23.2. The molecule has 0 aliphatic heterocycles. The highest BCUT2D eigenvalue weighted by Gasteiger charge is 2.27. The van der Waals surface area contributed by atoms with Gasteiger partial charge in [0.05, 0.1) is 0 Å². The van der Waals surface area contributed by atoms with Crippen LogP contribution in [0.15, 0.2) is 84.9 Å². The summed E-state index contributed by atoms with van der Waals surface area (Å²) in [6.45, 7) is 2.55. The molecule has 1 unspecified atom stereocenters. The third kappa shape index (κ3) is 5.29. The number of nitrogens with one attached hydrogen (secondary N) is 1. The molecule has 1 atom stereocenters. The highest BCUT2D eigenvalue weighted by molar-refractivity contribution is 5.97. The van der Waals surface area contributed by atoms with Gasteiger partial charge in [-0.1, -0.05) is 60.7 Å². The first kappa shape index (κ1) is 20.3. The fourth-order valence-corrected chi connectivity index (χ4v) is 3.12. The number of carbonyl (C=O) groups is 2. The van der Waals surface area contributed by atoms with Crippen molar-refractivity contribution in [3.05, 3.63) is 107 Å². The van der Waals surface area contributed by atoms with Crippen LogP contribution in [0.5, 0.6) is 0 Å². The first-order valence-corrected chi connectivity index (χ1v) is 9.52. The standard InChI is InChI=1S/C24H23FN2O2/c1-2-27(17-18-10-9-15-21(25)16-18)24(29)22(19-11-5-3-6-12-19)26-23(28)20-13-7-4-8-14-20/h3-16,22H,2,17H2,1H3,(H,26,28). The minimum absolute atomic E-state index is 0.243. The van der Waals surface area contributed by atoms with E-state index in [-0.39, 0.29) is 24.2 Å². The zero-order valence-electron chi connectivity index (χ0n) is 16.2. The number of carbonyl (C=O) groups excluding carboxylic acids is 2. The monoisotopic (exact) mass is 390 g/mol. The maximum atomic E-state index is 13.5. The number of nitrogens with zero attached hydrogens (tertiary/aromatic N) is 1. The minimum atomic E-state index is -0.836. The lowest BCUT2D eigenvalue weighted by Gasteiger charge is -2.27. The average Bonchev–Trinajstić information content (AvgIpc) is 2.76. The minimum Gasteiger partial charge on any atom is -0.337 e. The molecule has 148 valence electrons. The van der Waals surface area contributed by atoms with Crippen molar-refractivity contribution < 1.29 is 14.0 Å². The van der Waals surface area contributed by atoms with Gasteiger partial charge in [-0.2, -0.15) is 0 Å². The average molecular weight is 390 g/mol. The number of likely N-dealkylation sites (N-methyl/N-ethyl adjacent to an activating group) is 1. The second-order valence-corrected chi connectivity index (χ2v) is 6.67. The Bertz CT molecular complexity index is 961. The zero-order valence-corrected chi connectivity index (χ0v) is 16.2. The molecule has 4 nitrogen and oxygen atoms in total. The number of rotatable bonds is 7. The van der Waals surface area contributed by atoms with Gasteiger partial charge >= 0.3 is 0 Å². The van der Waals surface area contributed by atoms with E-state index in [0.717, 1.165) is 0 Å². The van der Waals surface area contributed by atoms with Crippen LogP contribution < -0.4 is 5.32 Å². The highest BCUT2D eigenvalue weighted by Crippen LogP contribution is 2.19. The van der Waals surface area contributed by atoms with Gasteiger partial charge < -0.3 is 10.2 Å². The number of hydrogen-bond donors (Lipinski definition) is 1. The summed E-state index contributed by atoms with van der Waals surface area (Å²) in [7, 11) is 0. The van der Waals surface area contributed by atoms with Crippen molar-refractivity contribution in [1.82, 2.24) is 10.2 Å². The maximum Gasteiger partial charge on any atom is 0.252 e. The molecular formula is C24H23FN2O2. The summed E-state index contributed by atoms with van der Waals surface area (Å²) < 4.78 is 13.5. The van der Waals surface area contributed by atoms with Gasteiger partial charge in [0, 0.05) is 18.7 Å². The van der Waals surface area contributed by atoms with Crippen molar-refractivity contribution in [3.63, 3.8) is 0 Å². The zero-order chi connectivity index (χ0) is 20.6. The van der Waals surface area contributed by atoms with E-state index in [1.54, 1.807) is 41.3 Å². The maximum absolute atomic E-state index is 13.5. The molecule has 3 aromatic carbocycles. The van der Waals surface area contributed by atoms with Gasteiger partial charge in [0.2, 0.25) is 5.91 Å². The Labute approximate surface area is 170 Å². The van der Waals surface area contributed by atoms with Crippen LogP contribution in [-0.4, -0.2) is 23.3 Å². The van der Waals surface area contributed by atoms with E-state index in [1.165, 1.54) is 12.1 Å². The molecule has 3 aromatic rings. The van der Waals surface area contributed by atoms with Crippen LogP contribution in [0.1, 0.15) is 34.5 Å². The smallest absolute Gasteiger partial charge is 0.252 e. The van der Waals surface area contributed by atoms with Gasteiger partial charge in [0.15, 0.2) is 0 Å². The van der Waals surface area contributed by atoms with Gasteiger partial charge in [0.1, 0.15) is 11.9 Å². The molecule has 1 N–H and O–H groups in total. The van der Waals surface area contributed by atoms with Crippen LogP contribution in [0.3, 0.4) is 0 Å². The number of amides is 2. The summed E-state index contributed by atoms with van der Waals surface area (Å²) in [5.41, 5.74) is 1.87. The lowest BCUT2D eigenvalue weighted by atomic mass is 10.0. The summed E-state index contributed by atoms with van der Waals surface area (Å²) in [6.07, 6.45) is 0. The van der Waals surface area contributed by atoms with E-state index < -0.39 is 6.04 Å². The SMILES string of the molecule is CCN(Cc1cccc(F)c1)C(=O)C(NC(=O)c1ccccc1)c1ccccc1. The van der Waals surface area contributed by atoms with E-state index in [1.807, 2.05) is 43.3 Å². The predicted octanol–water partition coefficient (Wildman–Crippen LogP) is 4.35. The quantitative estimate of drug-likeness (QED) is 0.652. The molecule has 0 aliphatic rings.